The van der Waals surface area contributed by atoms with Crippen molar-refractivity contribution in [3.8, 4) is 0 Å². The maximum absolute atomic E-state index is 12.0. The molecule has 0 spiro atoms. The van der Waals surface area contributed by atoms with E-state index in [4.69, 9.17) is 0 Å². The second kappa shape index (κ2) is 6.70. The van der Waals surface area contributed by atoms with Gasteiger partial charge in [-0.05, 0) is 57.3 Å². The molecule has 5 heteroatoms. The number of hydrogen-bond donors (Lipinski definition) is 2. The van der Waals surface area contributed by atoms with Crippen LogP contribution in [0.5, 0.6) is 0 Å². The Kier molecular flexibility index (Phi) is 4.95. The van der Waals surface area contributed by atoms with E-state index < -0.39 is 0 Å². The van der Waals surface area contributed by atoms with Gasteiger partial charge in [-0.3, -0.25) is 9.59 Å². The zero-order valence-corrected chi connectivity index (χ0v) is 12.2. The van der Waals surface area contributed by atoms with Gasteiger partial charge in [0.15, 0.2) is 6.29 Å². The fourth-order valence-electron chi connectivity index (χ4n) is 2.78. The first kappa shape index (κ1) is 14.8. The molecule has 0 bridgehead atoms. The van der Waals surface area contributed by atoms with Gasteiger partial charge in [0.1, 0.15) is 6.54 Å². The molecule has 0 unspecified atom stereocenters. The van der Waals surface area contributed by atoms with Crippen LogP contribution in [0.2, 0.25) is 0 Å². The number of nitrogens with zero attached hydrogens (tertiary/aromatic N) is 1. The van der Waals surface area contributed by atoms with Crippen LogP contribution in [-0.4, -0.2) is 36.4 Å². The Hall–Kier alpha value is -1.62. The molecule has 1 saturated heterocycles. The van der Waals surface area contributed by atoms with Crippen molar-refractivity contribution in [3.05, 3.63) is 23.0 Å². The highest BCUT2D eigenvalue weighted by Crippen LogP contribution is 2.13. The van der Waals surface area contributed by atoms with Gasteiger partial charge in [-0.2, -0.15) is 0 Å². The van der Waals surface area contributed by atoms with Gasteiger partial charge in [0.25, 0.3) is 0 Å². The minimum absolute atomic E-state index is 0.0228. The van der Waals surface area contributed by atoms with Gasteiger partial charge in [0, 0.05) is 12.2 Å². The van der Waals surface area contributed by atoms with Gasteiger partial charge in [0.05, 0.1) is 5.69 Å². The minimum atomic E-state index is -0.0228. The Bertz CT molecular complexity index is 488. The first-order chi connectivity index (χ1) is 9.61. The van der Waals surface area contributed by atoms with Crippen molar-refractivity contribution in [2.75, 3.05) is 19.6 Å². The standard InChI is InChI=1S/C15H23N3O2/c1-11-7-12(2)18(14(11)10-19)9-15(20)17-8-13-3-5-16-6-4-13/h7,10,13,16H,3-6,8-9H2,1-2H3,(H,17,20). The van der Waals surface area contributed by atoms with Gasteiger partial charge >= 0.3 is 0 Å². The number of aryl methyl sites for hydroxylation is 2. The summed E-state index contributed by atoms with van der Waals surface area (Å²) in [6.45, 7) is 6.83. The van der Waals surface area contributed by atoms with E-state index in [1.54, 1.807) is 4.57 Å². The molecule has 2 heterocycles. The molecule has 1 aliphatic rings. The Morgan fingerprint density at radius 1 is 1.45 bits per heavy atom. The first-order valence-electron chi connectivity index (χ1n) is 7.21. The first-order valence-corrected chi connectivity index (χ1v) is 7.21. The number of carbonyl (C=O) groups excluding carboxylic acids is 2. The Morgan fingerprint density at radius 3 is 2.80 bits per heavy atom. The Labute approximate surface area is 119 Å². The largest absolute Gasteiger partial charge is 0.354 e. The third-order valence-corrected chi connectivity index (χ3v) is 4.01. The third-order valence-electron chi connectivity index (χ3n) is 4.01. The fourth-order valence-corrected chi connectivity index (χ4v) is 2.78. The molecule has 0 radical (unpaired) electrons. The fraction of sp³-hybridized carbons (Fsp3) is 0.600. The number of aromatic nitrogens is 1. The molecular formula is C15H23N3O2. The van der Waals surface area contributed by atoms with Crippen molar-refractivity contribution in [2.24, 2.45) is 5.92 Å². The van der Waals surface area contributed by atoms with E-state index in [0.717, 1.165) is 50.0 Å². The molecule has 1 fully saturated rings. The molecule has 2 rings (SSSR count). The van der Waals surface area contributed by atoms with Gasteiger partial charge in [0.2, 0.25) is 5.91 Å². The summed E-state index contributed by atoms with van der Waals surface area (Å²) in [6, 6.07) is 1.93. The van der Waals surface area contributed by atoms with Crippen molar-refractivity contribution < 1.29 is 9.59 Å². The molecule has 1 aromatic rings. The van der Waals surface area contributed by atoms with E-state index in [1.807, 2.05) is 19.9 Å². The molecule has 0 aliphatic carbocycles. The summed E-state index contributed by atoms with van der Waals surface area (Å²) in [7, 11) is 0. The smallest absolute Gasteiger partial charge is 0.239 e. The number of carbonyl (C=O) groups is 2. The van der Waals surface area contributed by atoms with Gasteiger partial charge in [-0.25, -0.2) is 0 Å². The summed E-state index contributed by atoms with van der Waals surface area (Å²) in [4.78, 5) is 23.1. The number of aldehydes is 1. The van der Waals surface area contributed by atoms with Crippen LogP contribution >= 0.6 is 0 Å². The lowest BCUT2D eigenvalue weighted by molar-refractivity contribution is -0.121. The highest BCUT2D eigenvalue weighted by atomic mass is 16.2. The zero-order valence-electron chi connectivity index (χ0n) is 12.2. The second-order valence-corrected chi connectivity index (χ2v) is 5.56. The van der Waals surface area contributed by atoms with Crippen LogP contribution in [0.3, 0.4) is 0 Å². The van der Waals surface area contributed by atoms with E-state index in [1.165, 1.54) is 0 Å². The lowest BCUT2D eigenvalue weighted by Gasteiger charge is -2.22. The number of amides is 1. The van der Waals surface area contributed by atoms with Crippen LogP contribution in [0.4, 0.5) is 0 Å². The average molecular weight is 277 g/mol. The summed E-state index contributed by atoms with van der Waals surface area (Å²) in [5.41, 5.74) is 2.46. The van der Waals surface area contributed by atoms with Crippen molar-refractivity contribution in [2.45, 2.75) is 33.2 Å². The van der Waals surface area contributed by atoms with Crippen molar-refractivity contribution in [1.29, 1.82) is 0 Å². The summed E-state index contributed by atoms with van der Waals surface area (Å²) in [5, 5.41) is 6.30. The molecule has 1 aromatic heterocycles. The second-order valence-electron chi connectivity index (χ2n) is 5.56. The molecule has 20 heavy (non-hydrogen) atoms. The highest BCUT2D eigenvalue weighted by Gasteiger charge is 2.15. The van der Waals surface area contributed by atoms with Crippen molar-refractivity contribution >= 4 is 12.2 Å². The van der Waals surface area contributed by atoms with Gasteiger partial charge in [-0.1, -0.05) is 0 Å². The molecule has 1 aliphatic heterocycles. The van der Waals surface area contributed by atoms with Crippen LogP contribution < -0.4 is 10.6 Å². The highest BCUT2D eigenvalue weighted by molar-refractivity contribution is 5.79. The molecule has 110 valence electrons. The molecule has 0 saturated carbocycles. The zero-order chi connectivity index (χ0) is 14.5. The monoisotopic (exact) mass is 277 g/mol. The predicted octanol–water partition coefficient (Wildman–Crippen LogP) is 1.03. The maximum Gasteiger partial charge on any atom is 0.239 e. The molecule has 1 amide bonds. The quantitative estimate of drug-likeness (QED) is 0.790. The number of hydrogen-bond acceptors (Lipinski definition) is 3. The topological polar surface area (TPSA) is 63.1 Å². The van der Waals surface area contributed by atoms with Crippen LogP contribution in [0, 0.1) is 19.8 Å². The molecule has 0 aromatic carbocycles. The van der Waals surface area contributed by atoms with Crippen molar-refractivity contribution in [3.63, 3.8) is 0 Å². The normalized spacial score (nSPS) is 16.1. The summed E-state index contributed by atoms with van der Waals surface area (Å²) in [5.74, 6) is 0.545. The van der Waals surface area contributed by atoms with Crippen molar-refractivity contribution in [1.82, 2.24) is 15.2 Å². The average Bonchev–Trinajstić information content (AvgIpc) is 2.71. The van der Waals surface area contributed by atoms with E-state index in [2.05, 4.69) is 10.6 Å². The molecule has 5 nitrogen and oxygen atoms in total. The number of nitrogens with one attached hydrogen (secondary N) is 2. The summed E-state index contributed by atoms with van der Waals surface area (Å²) in [6.07, 6.45) is 3.05. The van der Waals surface area contributed by atoms with Gasteiger partial charge in [-0.15, -0.1) is 0 Å². The maximum atomic E-state index is 12.0. The van der Waals surface area contributed by atoms with Crippen LogP contribution in [0.15, 0.2) is 6.07 Å². The molecular weight excluding hydrogens is 254 g/mol. The molecule has 2 N–H and O–H groups in total. The van der Waals surface area contributed by atoms with E-state index in [-0.39, 0.29) is 12.5 Å². The lowest BCUT2D eigenvalue weighted by Crippen LogP contribution is -2.37. The summed E-state index contributed by atoms with van der Waals surface area (Å²) >= 11 is 0. The van der Waals surface area contributed by atoms with Crippen LogP contribution in [-0.2, 0) is 11.3 Å². The van der Waals surface area contributed by atoms with Crippen LogP contribution in [0.25, 0.3) is 0 Å². The van der Waals surface area contributed by atoms with E-state index >= 15 is 0 Å². The van der Waals surface area contributed by atoms with E-state index in [0.29, 0.717) is 11.6 Å². The van der Waals surface area contributed by atoms with Gasteiger partial charge < -0.3 is 15.2 Å². The Morgan fingerprint density at radius 2 is 2.15 bits per heavy atom. The number of piperidine rings is 1. The SMILES string of the molecule is Cc1cc(C)n(CC(=O)NCC2CCNCC2)c1C=O. The van der Waals surface area contributed by atoms with E-state index in [9.17, 15) is 9.59 Å². The predicted molar refractivity (Wildman–Crippen MR) is 77.9 cm³/mol. The minimum Gasteiger partial charge on any atom is -0.354 e. The summed E-state index contributed by atoms with van der Waals surface area (Å²) < 4.78 is 1.78. The lowest BCUT2D eigenvalue weighted by atomic mass is 9.98. The Balaban J connectivity index is 1.89. The number of rotatable bonds is 5. The third kappa shape index (κ3) is 3.48. The van der Waals surface area contributed by atoms with Crippen LogP contribution in [0.1, 0.15) is 34.6 Å². The molecule has 0 atom stereocenters.